The van der Waals surface area contributed by atoms with Crippen LogP contribution in [0.5, 0.6) is 17.2 Å². The van der Waals surface area contributed by atoms with Gasteiger partial charge in [0.25, 0.3) is 5.91 Å². The number of hydrogen-bond acceptors (Lipinski definition) is 8. The first kappa shape index (κ1) is 24.5. The van der Waals surface area contributed by atoms with E-state index < -0.39 is 0 Å². The first-order chi connectivity index (χ1) is 16.9. The Morgan fingerprint density at radius 1 is 1.03 bits per heavy atom. The molecule has 1 amide bonds. The second-order valence-corrected chi connectivity index (χ2v) is 8.82. The third-order valence-electron chi connectivity index (χ3n) is 6.00. The van der Waals surface area contributed by atoms with E-state index in [0.29, 0.717) is 18.8 Å². The molecule has 0 fully saturated rings. The van der Waals surface area contributed by atoms with Crippen LogP contribution in [0, 0.1) is 6.92 Å². The number of amides is 1. The highest BCUT2D eigenvalue weighted by atomic mass is 16.7. The third-order valence-corrected chi connectivity index (χ3v) is 6.00. The number of nitrogens with zero attached hydrogens (tertiary/aromatic N) is 4. The molecular formula is C26H32N4O5. The normalized spacial score (nSPS) is 12.3. The second kappa shape index (κ2) is 11.2. The van der Waals surface area contributed by atoms with Crippen LogP contribution >= 0.6 is 0 Å². The first-order valence-electron chi connectivity index (χ1n) is 11.8. The van der Waals surface area contributed by atoms with E-state index in [2.05, 4.69) is 28.2 Å². The van der Waals surface area contributed by atoms with Gasteiger partial charge < -0.3 is 19.1 Å². The molecular weight excluding hydrogens is 448 g/mol. The van der Waals surface area contributed by atoms with Crippen molar-refractivity contribution in [2.24, 2.45) is 0 Å². The zero-order valence-electron chi connectivity index (χ0n) is 20.7. The summed E-state index contributed by atoms with van der Waals surface area (Å²) >= 11 is 0. The fraction of sp³-hybridized carbons (Fsp3) is 0.423. The van der Waals surface area contributed by atoms with Gasteiger partial charge in [0.1, 0.15) is 17.1 Å². The molecule has 2 aromatic carbocycles. The molecule has 0 radical (unpaired) electrons. The van der Waals surface area contributed by atoms with Crippen molar-refractivity contribution in [3.8, 4) is 28.4 Å². The molecule has 0 N–H and O–H groups in total. The Morgan fingerprint density at radius 3 is 2.57 bits per heavy atom. The van der Waals surface area contributed by atoms with Crippen LogP contribution in [0.25, 0.3) is 11.1 Å². The molecule has 0 saturated heterocycles. The smallest absolute Gasteiger partial charge is 0.260 e. The van der Waals surface area contributed by atoms with E-state index in [4.69, 9.17) is 18.8 Å². The molecule has 0 saturated carbocycles. The molecule has 0 aliphatic carbocycles. The highest BCUT2D eigenvalue weighted by molar-refractivity contribution is 5.77. The van der Waals surface area contributed by atoms with Gasteiger partial charge in [-0.15, -0.1) is 0 Å². The molecule has 0 spiro atoms. The summed E-state index contributed by atoms with van der Waals surface area (Å²) in [7, 11) is 3.81. The average Bonchev–Trinajstić information content (AvgIpc) is 3.49. The zero-order valence-corrected chi connectivity index (χ0v) is 20.7. The lowest BCUT2D eigenvalue weighted by Crippen LogP contribution is -2.32. The molecule has 0 atom stereocenters. The highest BCUT2D eigenvalue weighted by Crippen LogP contribution is 2.37. The summed E-state index contributed by atoms with van der Waals surface area (Å²) in [5.74, 6) is 2.11. The number of benzene rings is 2. The highest BCUT2D eigenvalue weighted by Gasteiger charge is 2.17. The maximum Gasteiger partial charge on any atom is 0.260 e. The summed E-state index contributed by atoms with van der Waals surface area (Å²) in [6, 6.07) is 11.9. The summed E-state index contributed by atoms with van der Waals surface area (Å²) in [5, 5.41) is 7.85. The molecule has 4 rings (SSSR count). The van der Waals surface area contributed by atoms with Crippen molar-refractivity contribution < 1.29 is 23.6 Å². The molecule has 9 heteroatoms. The quantitative estimate of drug-likeness (QED) is 0.406. The van der Waals surface area contributed by atoms with Gasteiger partial charge in [-0.3, -0.25) is 9.69 Å². The van der Waals surface area contributed by atoms with Gasteiger partial charge in [0.15, 0.2) is 18.1 Å². The Hall–Kier alpha value is -3.59. The molecule has 3 aromatic rings. The van der Waals surface area contributed by atoms with Crippen LogP contribution in [0.3, 0.4) is 0 Å². The topological polar surface area (TPSA) is 90.2 Å². The minimum atomic E-state index is -0.0399. The standard InChI is InChI=1S/C26H32N4O5/c1-5-6-11-30(4)26(31)16-32-23-9-7-19(20-8-10-24-25(13-20)34-17-33-24)12-21(23)14-29(3)15-22-18(2)27-35-28-22/h7-10,12-13H,5-6,11,14-17H2,1-4H3. The van der Waals surface area contributed by atoms with Gasteiger partial charge in [0.2, 0.25) is 6.79 Å². The molecule has 1 aliphatic rings. The van der Waals surface area contributed by atoms with Crippen LogP contribution in [0.15, 0.2) is 41.0 Å². The fourth-order valence-electron chi connectivity index (χ4n) is 3.86. The van der Waals surface area contributed by atoms with Crippen LogP contribution in [-0.2, 0) is 17.9 Å². The van der Waals surface area contributed by atoms with Gasteiger partial charge in [-0.05, 0) is 55.8 Å². The Morgan fingerprint density at radius 2 is 1.80 bits per heavy atom. The van der Waals surface area contributed by atoms with E-state index in [-0.39, 0.29) is 19.3 Å². The van der Waals surface area contributed by atoms with Crippen LogP contribution in [-0.4, -0.2) is 60.1 Å². The SMILES string of the molecule is CCCCN(C)C(=O)COc1ccc(-c2ccc3c(c2)OCO3)cc1CN(C)Cc1nonc1C. The van der Waals surface area contributed by atoms with Gasteiger partial charge in [-0.2, -0.15) is 0 Å². The number of aromatic nitrogens is 2. The minimum Gasteiger partial charge on any atom is -0.483 e. The Bertz CT molecular complexity index is 1160. The van der Waals surface area contributed by atoms with Gasteiger partial charge >= 0.3 is 0 Å². The summed E-state index contributed by atoms with van der Waals surface area (Å²) < 4.78 is 21.8. The average molecular weight is 481 g/mol. The molecule has 1 aliphatic heterocycles. The number of aryl methyl sites for hydroxylation is 1. The third kappa shape index (κ3) is 6.10. The predicted octanol–water partition coefficient (Wildman–Crippen LogP) is 4.04. The van der Waals surface area contributed by atoms with E-state index in [1.54, 1.807) is 4.90 Å². The van der Waals surface area contributed by atoms with Crippen molar-refractivity contribution in [2.45, 2.75) is 39.8 Å². The summed E-state index contributed by atoms with van der Waals surface area (Å²) in [6.07, 6.45) is 2.01. The van der Waals surface area contributed by atoms with Crippen molar-refractivity contribution >= 4 is 5.91 Å². The van der Waals surface area contributed by atoms with E-state index in [0.717, 1.165) is 59.0 Å². The number of rotatable bonds is 11. The van der Waals surface area contributed by atoms with E-state index in [1.807, 2.05) is 51.4 Å². The van der Waals surface area contributed by atoms with Crippen LogP contribution < -0.4 is 14.2 Å². The summed E-state index contributed by atoms with van der Waals surface area (Å²) in [6.45, 7) is 6.08. The van der Waals surface area contributed by atoms with Crippen molar-refractivity contribution in [1.29, 1.82) is 0 Å². The lowest BCUT2D eigenvalue weighted by molar-refractivity contribution is -0.132. The Balaban J connectivity index is 1.54. The van der Waals surface area contributed by atoms with E-state index in [1.165, 1.54) is 0 Å². The fourth-order valence-corrected chi connectivity index (χ4v) is 3.86. The molecule has 1 aromatic heterocycles. The number of unbranched alkanes of at least 4 members (excludes halogenated alkanes) is 1. The Kier molecular flexibility index (Phi) is 7.87. The van der Waals surface area contributed by atoms with Crippen molar-refractivity contribution in [3.05, 3.63) is 53.3 Å². The van der Waals surface area contributed by atoms with Crippen LogP contribution in [0.2, 0.25) is 0 Å². The summed E-state index contributed by atoms with van der Waals surface area (Å²) in [4.78, 5) is 16.4. The maximum atomic E-state index is 12.5. The number of ether oxygens (including phenoxy) is 3. The largest absolute Gasteiger partial charge is 0.483 e. The molecule has 186 valence electrons. The Labute approximate surface area is 205 Å². The molecule has 0 bridgehead atoms. The minimum absolute atomic E-state index is 0.00733. The number of carbonyl (C=O) groups is 1. The van der Waals surface area contributed by atoms with E-state index >= 15 is 0 Å². The number of likely N-dealkylation sites (N-methyl/N-ethyl adjacent to an activating group) is 1. The van der Waals surface area contributed by atoms with Gasteiger partial charge in [0.05, 0.1) is 0 Å². The van der Waals surface area contributed by atoms with Gasteiger partial charge in [-0.1, -0.05) is 35.8 Å². The van der Waals surface area contributed by atoms with E-state index in [9.17, 15) is 4.79 Å². The molecule has 0 unspecified atom stereocenters. The first-order valence-corrected chi connectivity index (χ1v) is 11.8. The van der Waals surface area contributed by atoms with Crippen LogP contribution in [0.1, 0.15) is 36.7 Å². The zero-order chi connectivity index (χ0) is 24.8. The number of hydrogen-bond donors (Lipinski definition) is 0. The molecule has 9 nitrogen and oxygen atoms in total. The van der Waals surface area contributed by atoms with Crippen molar-refractivity contribution in [1.82, 2.24) is 20.1 Å². The second-order valence-electron chi connectivity index (χ2n) is 8.82. The lowest BCUT2D eigenvalue weighted by atomic mass is 10.0. The number of carbonyl (C=O) groups excluding carboxylic acids is 1. The van der Waals surface area contributed by atoms with Gasteiger partial charge in [0, 0.05) is 32.2 Å². The number of fused-ring (bicyclic) bond motifs is 1. The van der Waals surface area contributed by atoms with Crippen LogP contribution in [0.4, 0.5) is 0 Å². The van der Waals surface area contributed by atoms with Crippen molar-refractivity contribution in [2.75, 3.05) is 34.0 Å². The molecule has 2 heterocycles. The van der Waals surface area contributed by atoms with Gasteiger partial charge in [-0.25, -0.2) is 4.63 Å². The summed E-state index contributed by atoms with van der Waals surface area (Å²) in [5.41, 5.74) is 4.54. The monoisotopic (exact) mass is 480 g/mol. The maximum absolute atomic E-state index is 12.5. The molecule has 35 heavy (non-hydrogen) atoms. The lowest BCUT2D eigenvalue weighted by Gasteiger charge is -2.21. The van der Waals surface area contributed by atoms with Crippen molar-refractivity contribution in [3.63, 3.8) is 0 Å². The predicted molar refractivity (Wildman–Crippen MR) is 130 cm³/mol.